The normalized spacial score (nSPS) is 24.0. The Kier molecular flexibility index (Phi) is 6.67. The summed E-state index contributed by atoms with van der Waals surface area (Å²) in [5, 5.41) is 0. The molecule has 0 bridgehead atoms. The van der Waals surface area contributed by atoms with E-state index in [1.807, 2.05) is 60.7 Å². The number of rotatable bonds is 5. The summed E-state index contributed by atoms with van der Waals surface area (Å²) < 4.78 is 29.5. The smallest absolute Gasteiger partial charge is 0.240 e. The van der Waals surface area contributed by atoms with Gasteiger partial charge in [0.1, 0.15) is 12.0 Å². The maximum Gasteiger partial charge on any atom is 0.240 e. The van der Waals surface area contributed by atoms with Crippen LogP contribution in [0.15, 0.2) is 90.3 Å². The summed E-state index contributed by atoms with van der Waals surface area (Å²) in [6.45, 7) is 0.224. The zero-order valence-corrected chi connectivity index (χ0v) is 19.0. The Morgan fingerprint density at radius 3 is 2.55 bits per heavy atom. The standard InChI is InChI=1S/C25H23F2IN2O/c26-19-8-11-22(27)21(14-19)18-13-24(17-4-2-1-3-5-17)30(15-18)25(31)23(29)12-16-6-9-20(28)10-7-16/h1-11,13-14,21-24H,12,15,29H2/t21?,22?,23-,24?/m0/s1. The van der Waals surface area contributed by atoms with Crippen molar-refractivity contribution in [2.24, 2.45) is 11.7 Å². The molecule has 4 atom stereocenters. The number of hydrogen-bond donors (Lipinski definition) is 1. The quantitative estimate of drug-likeness (QED) is 0.433. The lowest BCUT2D eigenvalue weighted by Crippen LogP contribution is -2.45. The summed E-state index contributed by atoms with van der Waals surface area (Å²) >= 11 is 2.23. The molecular weight excluding hydrogens is 509 g/mol. The molecule has 3 unspecified atom stereocenters. The molecule has 0 saturated heterocycles. The Bertz CT molecular complexity index is 1030. The second-order valence-electron chi connectivity index (χ2n) is 7.88. The van der Waals surface area contributed by atoms with Gasteiger partial charge in [-0.15, -0.1) is 0 Å². The van der Waals surface area contributed by atoms with E-state index >= 15 is 0 Å². The Balaban J connectivity index is 1.58. The average Bonchev–Trinajstić information content (AvgIpc) is 3.22. The van der Waals surface area contributed by atoms with Gasteiger partial charge in [-0.2, -0.15) is 0 Å². The molecule has 0 aromatic heterocycles. The Morgan fingerprint density at radius 2 is 1.84 bits per heavy atom. The maximum absolute atomic E-state index is 14.5. The van der Waals surface area contributed by atoms with Crippen LogP contribution in [0.1, 0.15) is 17.2 Å². The molecule has 0 radical (unpaired) electrons. The van der Waals surface area contributed by atoms with Crippen molar-refractivity contribution in [1.29, 1.82) is 0 Å². The Labute approximate surface area is 194 Å². The van der Waals surface area contributed by atoms with Crippen LogP contribution in [0.25, 0.3) is 0 Å². The zero-order valence-electron chi connectivity index (χ0n) is 16.8. The number of halogens is 3. The van der Waals surface area contributed by atoms with E-state index in [0.29, 0.717) is 12.0 Å². The topological polar surface area (TPSA) is 46.3 Å². The Hall–Kier alpha value is -2.32. The van der Waals surface area contributed by atoms with Crippen LogP contribution in [0, 0.1) is 9.49 Å². The maximum atomic E-state index is 14.5. The van der Waals surface area contributed by atoms with E-state index in [2.05, 4.69) is 22.6 Å². The third-order valence-electron chi connectivity index (χ3n) is 5.72. The first-order chi connectivity index (χ1) is 14.9. The van der Waals surface area contributed by atoms with Gasteiger partial charge in [0.05, 0.1) is 12.1 Å². The van der Waals surface area contributed by atoms with Crippen molar-refractivity contribution in [2.75, 3.05) is 6.54 Å². The molecule has 160 valence electrons. The summed E-state index contributed by atoms with van der Waals surface area (Å²) in [6, 6.07) is 16.4. The summed E-state index contributed by atoms with van der Waals surface area (Å²) in [6.07, 6.45) is 4.63. The Morgan fingerprint density at radius 1 is 1.13 bits per heavy atom. The lowest BCUT2D eigenvalue weighted by atomic mass is 9.90. The molecule has 6 heteroatoms. The minimum Gasteiger partial charge on any atom is -0.327 e. The second-order valence-corrected chi connectivity index (χ2v) is 9.13. The summed E-state index contributed by atoms with van der Waals surface area (Å²) in [7, 11) is 0. The summed E-state index contributed by atoms with van der Waals surface area (Å²) in [4.78, 5) is 15.0. The van der Waals surface area contributed by atoms with Crippen molar-refractivity contribution in [3.05, 3.63) is 105 Å². The molecule has 1 aliphatic carbocycles. The van der Waals surface area contributed by atoms with Crippen LogP contribution in [0.3, 0.4) is 0 Å². The number of benzene rings is 2. The lowest BCUT2D eigenvalue weighted by molar-refractivity contribution is -0.133. The summed E-state index contributed by atoms with van der Waals surface area (Å²) in [5.41, 5.74) is 8.90. The number of amides is 1. The van der Waals surface area contributed by atoms with E-state index in [0.717, 1.165) is 20.8 Å². The van der Waals surface area contributed by atoms with Crippen LogP contribution in [-0.4, -0.2) is 29.6 Å². The number of nitrogens with zero attached hydrogens (tertiary/aromatic N) is 1. The van der Waals surface area contributed by atoms with E-state index in [-0.39, 0.29) is 18.5 Å². The van der Waals surface area contributed by atoms with Crippen LogP contribution in [0.5, 0.6) is 0 Å². The molecule has 2 aromatic rings. The van der Waals surface area contributed by atoms with Gasteiger partial charge >= 0.3 is 0 Å². The van der Waals surface area contributed by atoms with Gasteiger partial charge in [-0.3, -0.25) is 4.79 Å². The molecule has 31 heavy (non-hydrogen) atoms. The van der Waals surface area contributed by atoms with Crippen molar-refractivity contribution in [2.45, 2.75) is 24.7 Å². The monoisotopic (exact) mass is 532 g/mol. The number of carbonyl (C=O) groups is 1. The van der Waals surface area contributed by atoms with Crippen LogP contribution in [-0.2, 0) is 11.2 Å². The molecule has 0 saturated carbocycles. The predicted octanol–water partition coefficient (Wildman–Crippen LogP) is 5.05. The van der Waals surface area contributed by atoms with E-state index in [9.17, 15) is 13.6 Å². The number of nitrogens with two attached hydrogens (primary N) is 1. The van der Waals surface area contributed by atoms with E-state index < -0.39 is 24.0 Å². The first-order valence-corrected chi connectivity index (χ1v) is 11.3. The zero-order chi connectivity index (χ0) is 22.0. The molecule has 2 aromatic carbocycles. The molecule has 0 spiro atoms. The SMILES string of the molecule is N[C@@H](Cc1ccc(I)cc1)C(=O)N1CC(C2C=C(F)C=CC2F)=CC1c1ccccc1. The molecular formula is C25H23F2IN2O. The minimum atomic E-state index is -1.32. The summed E-state index contributed by atoms with van der Waals surface area (Å²) in [5.74, 6) is -1.39. The van der Waals surface area contributed by atoms with Crippen molar-refractivity contribution in [3.63, 3.8) is 0 Å². The largest absolute Gasteiger partial charge is 0.327 e. The highest BCUT2D eigenvalue weighted by molar-refractivity contribution is 14.1. The third-order valence-corrected chi connectivity index (χ3v) is 6.44. The molecule has 1 amide bonds. The fourth-order valence-electron chi connectivity index (χ4n) is 4.11. The van der Waals surface area contributed by atoms with Gasteiger partial charge < -0.3 is 10.6 Å². The van der Waals surface area contributed by atoms with Gasteiger partial charge in [0.25, 0.3) is 0 Å². The third kappa shape index (κ3) is 4.96. The van der Waals surface area contributed by atoms with Gasteiger partial charge in [-0.05, 0) is 76.1 Å². The van der Waals surface area contributed by atoms with E-state index in [1.54, 1.807) is 4.90 Å². The first-order valence-electron chi connectivity index (χ1n) is 10.2. The highest BCUT2D eigenvalue weighted by Gasteiger charge is 2.37. The van der Waals surface area contributed by atoms with Crippen LogP contribution in [0.2, 0.25) is 0 Å². The lowest BCUT2D eigenvalue weighted by Gasteiger charge is -2.28. The minimum absolute atomic E-state index is 0.204. The van der Waals surface area contributed by atoms with Crippen LogP contribution >= 0.6 is 22.6 Å². The van der Waals surface area contributed by atoms with Gasteiger partial charge in [0.15, 0.2) is 0 Å². The van der Waals surface area contributed by atoms with Gasteiger partial charge in [0.2, 0.25) is 5.91 Å². The molecule has 3 nitrogen and oxygen atoms in total. The number of allylic oxidation sites excluding steroid dienone is 4. The number of alkyl halides is 1. The van der Waals surface area contributed by atoms with Crippen molar-refractivity contribution in [1.82, 2.24) is 4.90 Å². The van der Waals surface area contributed by atoms with Crippen LogP contribution < -0.4 is 5.73 Å². The fourth-order valence-corrected chi connectivity index (χ4v) is 4.47. The molecule has 4 rings (SSSR count). The van der Waals surface area contributed by atoms with Crippen LogP contribution in [0.4, 0.5) is 8.78 Å². The molecule has 2 aliphatic rings. The number of hydrogen-bond acceptors (Lipinski definition) is 2. The van der Waals surface area contributed by atoms with Crippen molar-refractivity contribution in [3.8, 4) is 0 Å². The highest BCUT2D eigenvalue weighted by Crippen LogP contribution is 2.37. The van der Waals surface area contributed by atoms with Crippen molar-refractivity contribution < 1.29 is 13.6 Å². The molecule has 0 fully saturated rings. The average molecular weight is 532 g/mol. The second kappa shape index (κ2) is 9.44. The first kappa shape index (κ1) is 21.9. The highest BCUT2D eigenvalue weighted by atomic mass is 127. The van der Waals surface area contributed by atoms with Crippen molar-refractivity contribution >= 4 is 28.5 Å². The molecule has 1 aliphatic heterocycles. The molecule has 1 heterocycles. The van der Waals surface area contributed by atoms with Gasteiger partial charge in [0, 0.05) is 16.0 Å². The van der Waals surface area contributed by atoms with E-state index in [1.165, 1.54) is 12.2 Å². The van der Waals surface area contributed by atoms with E-state index in [4.69, 9.17) is 5.73 Å². The fraction of sp³-hybridized carbons (Fsp3) is 0.240. The van der Waals surface area contributed by atoms with Gasteiger partial charge in [-0.1, -0.05) is 48.5 Å². The van der Waals surface area contributed by atoms with Gasteiger partial charge in [-0.25, -0.2) is 8.78 Å². The molecule has 2 N–H and O–H groups in total. The number of carbonyl (C=O) groups excluding carboxylic acids is 1. The predicted molar refractivity (Wildman–Crippen MR) is 127 cm³/mol.